The minimum atomic E-state index is -0.927. The van der Waals surface area contributed by atoms with Crippen molar-refractivity contribution in [2.45, 2.75) is 44.4 Å². The van der Waals surface area contributed by atoms with Crippen LogP contribution in [0.2, 0.25) is 0 Å². The van der Waals surface area contributed by atoms with Crippen molar-refractivity contribution in [1.82, 2.24) is 0 Å². The molecule has 4 nitrogen and oxygen atoms in total. The van der Waals surface area contributed by atoms with Crippen LogP contribution in [0.1, 0.15) is 32.6 Å². The summed E-state index contributed by atoms with van der Waals surface area (Å²) in [6.45, 7) is 1.33. The van der Waals surface area contributed by atoms with Gasteiger partial charge in [-0.1, -0.05) is 0 Å². The van der Waals surface area contributed by atoms with Gasteiger partial charge >= 0.3 is 35.5 Å². The summed E-state index contributed by atoms with van der Waals surface area (Å²) in [6, 6.07) is 0. The number of carbonyl (C=O) groups is 1. The van der Waals surface area contributed by atoms with Crippen molar-refractivity contribution in [2.75, 3.05) is 0 Å². The number of rotatable bonds is 1. The van der Waals surface area contributed by atoms with E-state index in [1.807, 2.05) is 0 Å². The fourth-order valence-electron chi connectivity index (χ4n) is 1.62. The fraction of sp³-hybridized carbons (Fsp3) is 0.875. The normalized spacial score (nSPS) is 33.3. The molecular weight excluding hydrogens is 181 g/mol. The monoisotopic (exact) mass is 197 g/mol. The summed E-state index contributed by atoms with van der Waals surface area (Å²) in [5.41, 5.74) is 4.82. The average Bonchev–Trinajstić information content (AvgIpc) is 1.82. The van der Waals surface area contributed by atoms with E-state index in [-0.39, 0.29) is 35.5 Å². The molecule has 0 aliphatic heterocycles. The fourth-order valence-corrected chi connectivity index (χ4v) is 1.62. The Morgan fingerprint density at radius 3 is 2.77 bits per heavy atom. The van der Waals surface area contributed by atoms with Gasteiger partial charge in [-0.2, -0.15) is 0 Å². The molecule has 3 N–H and O–H groups in total. The van der Waals surface area contributed by atoms with E-state index in [4.69, 9.17) is 10.5 Å². The number of esters is 1. The summed E-state index contributed by atoms with van der Waals surface area (Å²) in [6.07, 6.45) is 2.13. The molecule has 1 aliphatic carbocycles. The summed E-state index contributed by atoms with van der Waals surface area (Å²) in [4.78, 5) is 10.6. The van der Waals surface area contributed by atoms with Gasteiger partial charge in [0.05, 0.1) is 6.10 Å². The van der Waals surface area contributed by atoms with Crippen LogP contribution in [0, 0.1) is 0 Å². The van der Waals surface area contributed by atoms with Crippen LogP contribution < -0.4 is 5.73 Å². The SMILES string of the molecule is CC(=O)OC1(N)CCCC(O)C1.[NaH]. The Kier molecular flexibility index (Phi) is 5.47. The molecule has 0 radical (unpaired) electrons. The number of hydrogen-bond donors (Lipinski definition) is 2. The molecule has 2 unspecified atom stereocenters. The summed E-state index contributed by atoms with van der Waals surface area (Å²) in [7, 11) is 0. The molecule has 0 saturated heterocycles. The first-order chi connectivity index (χ1) is 5.52. The summed E-state index contributed by atoms with van der Waals surface area (Å²) in [5, 5.41) is 9.29. The van der Waals surface area contributed by atoms with Gasteiger partial charge < -0.3 is 9.84 Å². The molecule has 0 heterocycles. The molecule has 0 amide bonds. The van der Waals surface area contributed by atoms with Crippen LogP contribution in [-0.2, 0) is 9.53 Å². The van der Waals surface area contributed by atoms with Crippen molar-refractivity contribution in [3.63, 3.8) is 0 Å². The van der Waals surface area contributed by atoms with E-state index in [0.717, 1.165) is 12.8 Å². The zero-order valence-electron chi connectivity index (χ0n) is 7.25. The maximum atomic E-state index is 10.6. The first-order valence-electron chi connectivity index (χ1n) is 4.18. The summed E-state index contributed by atoms with van der Waals surface area (Å²) < 4.78 is 4.93. The third-order valence-electron chi connectivity index (χ3n) is 2.07. The number of nitrogens with two attached hydrogens (primary N) is 1. The van der Waals surface area contributed by atoms with Crippen LogP contribution in [0.25, 0.3) is 0 Å². The Morgan fingerprint density at radius 2 is 2.31 bits per heavy atom. The van der Waals surface area contributed by atoms with E-state index in [1.165, 1.54) is 6.92 Å². The molecule has 0 spiro atoms. The third-order valence-corrected chi connectivity index (χ3v) is 2.07. The van der Waals surface area contributed by atoms with E-state index < -0.39 is 11.8 Å². The first kappa shape index (κ1) is 13.4. The van der Waals surface area contributed by atoms with Gasteiger partial charge in [-0.05, 0) is 12.8 Å². The quantitative estimate of drug-likeness (QED) is 0.337. The second-order valence-corrected chi connectivity index (χ2v) is 3.41. The molecule has 5 heteroatoms. The molecule has 1 rings (SSSR count). The van der Waals surface area contributed by atoms with Crippen LogP contribution in [0.3, 0.4) is 0 Å². The molecule has 0 aromatic carbocycles. The summed E-state index contributed by atoms with van der Waals surface area (Å²) >= 11 is 0. The van der Waals surface area contributed by atoms with E-state index in [9.17, 15) is 9.90 Å². The van der Waals surface area contributed by atoms with E-state index in [1.54, 1.807) is 0 Å². The molecule has 0 aromatic heterocycles. The van der Waals surface area contributed by atoms with Crippen molar-refractivity contribution >= 4 is 35.5 Å². The van der Waals surface area contributed by atoms with Crippen molar-refractivity contribution < 1.29 is 14.6 Å². The third kappa shape index (κ3) is 4.42. The van der Waals surface area contributed by atoms with Gasteiger partial charge in [0, 0.05) is 19.8 Å². The van der Waals surface area contributed by atoms with Crippen molar-refractivity contribution in [1.29, 1.82) is 0 Å². The zero-order chi connectivity index (χ0) is 9.19. The van der Waals surface area contributed by atoms with Crippen LogP contribution in [0.4, 0.5) is 0 Å². The van der Waals surface area contributed by atoms with E-state index in [0.29, 0.717) is 12.8 Å². The molecule has 72 valence electrons. The van der Waals surface area contributed by atoms with Gasteiger partial charge in [-0.15, -0.1) is 0 Å². The predicted molar refractivity (Wildman–Crippen MR) is 50.3 cm³/mol. The first-order valence-corrected chi connectivity index (χ1v) is 4.18. The van der Waals surface area contributed by atoms with Gasteiger partial charge in [0.15, 0.2) is 5.72 Å². The van der Waals surface area contributed by atoms with Crippen molar-refractivity contribution in [3.05, 3.63) is 0 Å². The molecule has 13 heavy (non-hydrogen) atoms. The Labute approximate surface area is 100 Å². The Morgan fingerprint density at radius 1 is 1.69 bits per heavy atom. The Hall–Kier alpha value is 0.390. The maximum absolute atomic E-state index is 10.6. The molecule has 0 aromatic rings. The zero-order valence-corrected chi connectivity index (χ0v) is 7.25. The van der Waals surface area contributed by atoms with Crippen LogP contribution in [-0.4, -0.2) is 52.5 Å². The summed E-state index contributed by atoms with van der Waals surface area (Å²) in [5.74, 6) is -0.383. The van der Waals surface area contributed by atoms with Gasteiger partial charge in [-0.3, -0.25) is 10.5 Å². The second kappa shape index (κ2) is 5.32. The van der Waals surface area contributed by atoms with Gasteiger partial charge in [0.1, 0.15) is 0 Å². The average molecular weight is 197 g/mol. The second-order valence-electron chi connectivity index (χ2n) is 3.41. The number of hydrogen-bond acceptors (Lipinski definition) is 4. The molecular formula is C8H16NNaO3. The Bertz CT molecular complexity index is 188. The predicted octanol–water partition coefficient (Wildman–Crippen LogP) is -0.509. The number of aliphatic hydroxyl groups excluding tert-OH is 1. The number of aliphatic hydroxyl groups is 1. The van der Waals surface area contributed by atoms with Crippen LogP contribution in [0.15, 0.2) is 0 Å². The topological polar surface area (TPSA) is 72.5 Å². The molecule has 1 saturated carbocycles. The van der Waals surface area contributed by atoms with Crippen LogP contribution >= 0.6 is 0 Å². The Balaban J connectivity index is 0.00000144. The van der Waals surface area contributed by atoms with Crippen molar-refractivity contribution in [3.8, 4) is 0 Å². The standard InChI is InChI=1S/C8H15NO3.Na.H/c1-6(10)12-8(9)4-2-3-7(11)5-8;;/h7,11H,2-5,9H2,1H3;;. The number of carbonyl (C=O) groups excluding carboxylic acids is 1. The molecule has 1 fully saturated rings. The molecule has 1 aliphatic rings. The van der Waals surface area contributed by atoms with Crippen molar-refractivity contribution in [2.24, 2.45) is 5.73 Å². The minimum absolute atomic E-state index is 0. The van der Waals surface area contributed by atoms with Gasteiger partial charge in [0.25, 0.3) is 0 Å². The van der Waals surface area contributed by atoms with E-state index in [2.05, 4.69) is 0 Å². The van der Waals surface area contributed by atoms with E-state index >= 15 is 0 Å². The molecule has 2 atom stereocenters. The molecule has 0 bridgehead atoms. The van der Waals surface area contributed by atoms with Gasteiger partial charge in [0.2, 0.25) is 0 Å². The number of ether oxygens (including phenoxy) is 1. The van der Waals surface area contributed by atoms with Gasteiger partial charge in [-0.25, -0.2) is 0 Å². The van der Waals surface area contributed by atoms with Crippen LogP contribution in [0.5, 0.6) is 0 Å².